The Kier molecular flexibility index (Phi) is 29.3. The van der Waals surface area contributed by atoms with Gasteiger partial charge in [0.05, 0.1) is 13.2 Å². The SMILES string of the molecule is C=C(C)C(=O)O.C=C(C)C(=O)O.C=C(C)C(=O)O.C=C(C)C(=O)O.OCC(O)C(O)CO. The minimum Gasteiger partial charge on any atom is -0.478 e. The van der Waals surface area contributed by atoms with Crippen molar-refractivity contribution >= 4 is 23.9 Å². The highest BCUT2D eigenvalue weighted by Gasteiger charge is 2.12. The Morgan fingerprint density at radius 3 is 0.656 bits per heavy atom. The predicted octanol–water partition coefficient (Wildman–Crippen LogP) is 0.281. The maximum Gasteiger partial charge on any atom is 0.330 e. The molecule has 0 aromatic heterocycles. The molecule has 0 aliphatic rings. The van der Waals surface area contributed by atoms with Crippen molar-refractivity contribution in [1.29, 1.82) is 0 Å². The van der Waals surface area contributed by atoms with Gasteiger partial charge in [0.15, 0.2) is 0 Å². The molecule has 0 saturated carbocycles. The molecular formula is C20H34O12. The fraction of sp³-hybridized carbons (Fsp3) is 0.400. The van der Waals surface area contributed by atoms with Gasteiger partial charge in [0.25, 0.3) is 0 Å². The van der Waals surface area contributed by atoms with Crippen LogP contribution in [0.15, 0.2) is 48.6 Å². The molecule has 12 nitrogen and oxygen atoms in total. The number of rotatable bonds is 7. The molecule has 186 valence electrons. The van der Waals surface area contributed by atoms with E-state index in [9.17, 15) is 19.2 Å². The second-order valence-corrected chi connectivity index (χ2v) is 5.84. The van der Waals surface area contributed by atoms with Gasteiger partial charge >= 0.3 is 23.9 Å². The van der Waals surface area contributed by atoms with E-state index in [4.69, 9.17) is 40.9 Å². The molecule has 0 aliphatic heterocycles. The molecule has 0 spiro atoms. The molecule has 0 aromatic rings. The lowest BCUT2D eigenvalue weighted by molar-refractivity contribution is -0.133. The number of carboxylic acids is 4. The summed E-state index contributed by atoms with van der Waals surface area (Å²) in [5, 5.41) is 64.7. The second-order valence-electron chi connectivity index (χ2n) is 5.84. The third-order valence-corrected chi connectivity index (χ3v) is 2.28. The lowest BCUT2D eigenvalue weighted by atomic mass is 10.2. The molecule has 0 aliphatic carbocycles. The van der Waals surface area contributed by atoms with E-state index in [1.165, 1.54) is 27.7 Å². The zero-order valence-corrected chi connectivity index (χ0v) is 18.6. The van der Waals surface area contributed by atoms with Gasteiger partial charge in [-0.05, 0) is 27.7 Å². The first-order valence-electron chi connectivity index (χ1n) is 8.42. The molecule has 0 radical (unpaired) electrons. The van der Waals surface area contributed by atoms with Crippen LogP contribution in [0, 0.1) is 0 Å². The third kappa shape index (κ3) is 41.1. The van der Waals surface area contributed by atoms with Gasteiger partial charge in [-0.25, -0.2) is 19.2 Å². The molecular weight excluding hydrogens is 432 g/mol. The first-order chi connectivity index (χ1) is 14.3. The first kappa shape index (κ1) is 39.2. The number of aliphatic carboxylic acids is 4. The summed E-state index contributed by atoms with van der Waals surface area (Å²) in [6.45, 7) is 17.4. The molecule has 0 bridgehead atoms. The zero-order chi connectivity index (χ0) is 27.2. The molecule has 2 unspecified atom stereocenters. The van der Waals surface area contributed by atoms with E-state index < -0.39 is 49.3 Å². The quantitative estimate of drug-likeness (QED) is 0.236. The number of aliphatic hydroxyl groups is 4. The summed E-state index contributed by atoms with van der Waals surface area (Å²) >= 11 is 0. The summed E-state index contributed by atoms with van der Waals surface area (Å²) < 4.78 is 0. The minimum atomic E-state index is -1.22. The van der Waals surface area contributed by atoms with E-state index in [0.29, 0.717) is 0 Å². The van der Waals surface area contributed by atoms with Crippen LogP contribution in [-0.4, -0.2) is 90.2 Å². The number of hydrogen-bond acceptors (Lipinski definition) is 8. The Labute approximate surface area is 186 Å². The van der Waals surface area contributed by atoms with Gasteiger partial charge < -0.3 is 40.9 Å². The highest BCUT2D eigenvalue weighted by molar-refractivity contribution is 5.85. The lowest BCUT2D eigenvalue weighted by Crippen LogP contribution is -2.31. The third-order valence-electron chi connectivity index (χ3n) is 2.28. The summed E-state index contributed by atoms with van der Waals surface area (Å²) in [4.78, 5) is 38.4. The molecule has 0 heterocycles. The van der Waals surface area contributed by atoms with Crippen LogP contribution in [0.1, 0.15) is 27.7 Å². The Morgan fingerprint density at radius 2 is 0.625 bits per heavy atom. The monoisotopic (exact) mass is 466 g/mol. The van der Waals surface area contributed by atoms with Crippen LogP contribution in [-0.2, 0) is 19.2 Å². The van der Waals surface area contributed by atoms with Gasteiger partial charge in [-0.2, -0.15) is 0 Å². The maximum atomic E-state index is 9.60. The smallest absolute Gasteiger partial charge is 0.330 e. The van der Waals surface area contributed by atoms with Gasteiger partial charge in [0, 0.05) is 22.3 Å². The summed E-state index contributed by atoms with van der Waals surface area (Å²) in [6.07, 6.45) is -2.44. The molecule has 32 heavy (non-hydrogen) atoms. The average Bonchev–Trinajstić information content (AvgIpc) is 2.68. The van der Waals surface area contributed by atoms with E-state index in [0.717, 1.165) is 0 Å². The summed E-state index contributed by atoms with van der Waals surface area (Å²) in [6, 6.07) is 0. The van der Waals surface area contributed by atoms with Crippen molar-refractivity contribution in [3.05, 3.63) is 48.6 Å². The van der Waals surface area contributed by atoms with E-state index in [1.807, 2.05) is 0 Å². The average molecular weight is 466 g/mol. The number of carbonyl (C=O) groups is 4. The highest BCUT2D eigenvalue weighted by Crippen LogP contribution is 1.88. The minimum absolute atomic E-state index is 0.176. The van der Waals surface area contributed by atoms with Gasteiger partial charge in [0.2, 0.25) is 0 Å². The largest absolute Gasteiger partial charge is 0.478 e. The van der Waals surface area contributed by atoms with Crippen molar-refractivity contribution in [1.82, 2.24) is 0 Å². The van der Waals surface area contributed by atoms with Crippen LogP contribution < -0.4 is 0 Å². The van der Waals surface area contributed by atoms with Gasteiger partial charge in [-0.1, -0.05) is 26.3 Å². The van der Waals surface area contributed by atoms with Gasteiger partial charge in [-0.15, -0.1) is 0 Å². The van der Waals surface area contributed by atoms with Crippen LogP contribution in [0.25, 0.3) is 0 Å². The van der Waals surface area contributed by atoms with E-state index in [1.54, 1.807) is 0 Å². The van der Waals surface area contributed by atoms with Crippen molar-refractivity contribution in [2.75, 3.05) is 13.2 Å². The Morgan fingerprint density at radius 1 is 0.531 bits per heavy atom. The van der Waals surface area contributed by atoms with Crippen LogP contribution in [0.5, 0.6) is 0 Å². The van der Waals surface area contributed by atoms with Crippen LogP contribution >= 0.6 is 0 Å². The van der Waals surface area contributed by atoms with Crippen molar-refractivity contribution < 1.29 is 60.0 Å². The molecule has 2 atom stereocenters. The summed E-state index contributed by atoms with van der Waals surface area (Å²) in [5.41, 5.74) is 0.704. The first-order valence-corrected chi connectivity index (χ1v) is 8.42. The number of hydrogen-bond donors (Lipinski definition) is 8. The molecule has 0 aromatic carbocycles. The molecule has 0 saturated heterocycles. The summed E-state index contributed by atoms with van der Waals surface area (Å²) in [5.74, 6) is -3.74. The Hall–Kier alpha value is -3.32. The predicted molar refractivity (Wildman–Crippen MR) is 116 cm³/mol. The van der Waals surface area contributed by atoms with E-state index >= 15 is 0 Å². The second kappa shape index (κ2) is 24.0. The molecule has 0 amide bonds. The van der Waals surface area contributed by atoms with Crippen molar-refractivity contribution in [3.63, 3.8) is 0 Å². The standard InChI is InChI=1S/C4H10O4.4C4H6O2/c5-1-3(7)4(8)2-6;4*1-3(2)4(5)6/h3-8H,1-2H2;4*1H2,2H3,(H,5,6). The summed E-state index contributed by atoms with van der Waals surface area (Å²) in [7, 11) is 0. The van der Waals surface area contributed by atoms with Gasteiger partial charge in [0.1, 0.15) is 12.2 Å². The van der Waals surface area contributed by atoms with Crippen molar-refractivity contribution in [3.8, 4) is 0 Å². The lowest BCUT2D eigenvalue weighted by Gasteiger charge is -2.10. The normalized spacial score (nSPS) is 10.1. The van der Waals surface area contributed by atoms with E-state index in [-0.39, 0.29) is 22.3 Å². The van der Waals surface area contributed by atoms with Crippen molar-refractivity contribution in [2.24, 2.45) is 0 Å². The van der Waals surface area contributed by atoms with Crippen LogP contribution in [0.3, 0.4) is 0 Å². The van der Waals surface area contributed by atoms with Crippen LogP contribution in [0.4, 0.5) is 0 Å². The molecule has 0 fully saturated rings. The number of aliphatic hydroxyl groups excluding tert-OH is 4. The molecule has 12 heteroatoms. The zero-order valence-electron chi connectivity index (χ0n) is 18.6. The maximum absolute atomic E-state index is 9.60. The Bertz CT molecular complexity index is 497. The highest BCUT2D eigenvalue weighted by atomic mass is 16.4. The van der Waals surface area contributed by atoms with Crippen molar-refractivity contribution in [2.45, 2.75) is 39.9 Å². The van der Waals surface area contributed by atoms with Crippen LogP contribution in [0.2, 0.25) is 0 Å². The topological polar surface area (TPSA) is 230 Å². The fourth-order valence-corrected chi connectivity index (χ4v) is 0.243. The fourth-order valence-electron chi connectivity index (χ4n) is 0.243. The Balaban J connectivity index is -0.0000000955. The number of carboxylic acid groups (broad SMARTS) is 4. The van der Waals surface area contributed by atoms with Gasteiger partial charge in [-0.3, -0.25) is 0 Å². The molecule has 0 rings (SSSR count). The molecule has 8 N–H and O–H groups in total. The van der Waals surface area contributed by atoms with E-state index in [2.05, 4.69) is 26.3 Å².